The van der Waals surface area contributed by atoms with E-state index < -0.39 is 11.8 Å². The second-order valence-corrected chi connectivity index (χ2v) is 5.20. The normalized spacial score (nSPS) is 10.6. The molecule has 24 heavy (non-hydrogen) atoms. The zero-order valence-electron chi connectivity index (χ0n) is 12.9. The van der Waals surface area contributed by atoms with E-state index in [1.165, 1.54) is 29.1 Å². The van der Waals surface area contributed by atoms with Crippen LogP contribution >= 0.6 is 0 Å². The van der Waals surface area contributed by atoms with E-state index >= 15 is 0 Å². The van der Waals surface area contributed by atoms with Gasteiger partial charge in [-0.1, -0.05) is 18.2 Å². The van der Waals surface area contributed by atoms with Gasteiger partial charge in [0.05, 0.1) is 17.6 Å². The van der Waals surface area contributed by atoms with Crippen LogP contribution in [0.1, 0.15) is 21.6 Å². The first kappa shape index (κ1) is 15.9. The van der Waals surface area contributed by atoms with Crippen LogP contribution in [0.5, 0.6) is 0 Å². The van der Waals surface area contributed by atoms with Crippen LogP contribution in [0.3, 0.4) is 0 Å². The number of carbonyl (C=O) groups is 1. The summed E-state index contributed by atoms with van der Waals surface area (Å²) in [5.41, 5.74) is 1.76. The Bertz CT molecular complexity index is 873. The third kappa shape index (κ3) is 3.17. The summed E-state index contributed by atoms with van der Waals surface area (Å²) >= 11 is 0. The largest absolute Gasteiger partial charge is 0.457 e. The molecule has 0 atom stereocenters. The molecule has 0 saturated carbocycles. The molecule has 2 aromatic carbocycles. The number of ether oxygens (including phenoxy) is 1. The number of hydrogen-bond donors (Lipinski definition) is 0. The van der Waals surface area contributed by atoms with E-state index in [4.69, 9.17) is 4.74 Å². The molecule has 0 amide bonds. The van der Waals surface area contributed by atoms with Crippen molar-refractivity contribution in [1.82, 2.24) is 9.78 Å². The van der Waals surface area contributed by atoms with Crippen molar-refractivity contribution in [2.45, 2.75) is 13.5 Å². The van der Waals surface area contributed by atoms with Gasteiger partial charge in [-0.05, 0) is 37.3 Å². The van der Waals surface area contributed by atoms with Crippen LogP contribution in [-0.2, 0) is 11.3 Å². The van der Waals surface area contributed by atoms with Crippen LogP contribution in [0.15, 0.2) is 54.7 Å². The van der Waals surface area contributed by atoms with E-state index in [-0.39, 0.29) is 18.0 Å². The number of carbonyl (C=O) groups excluding carboxylic acids is 1. The lowest BCUT2D eigenvalue weighted by atomic mass is 10.2. The van der Waals surface area contributed by atoms with E-state index in [0.717, 1.165) is 0 Å². The third-order valence-electron chi connectivity index (χ3n) is 3.62. The Kier molecular flexibility index (Phi) is 4.37. The van der Waals surface area contributed by atoms with Crippen molar-refractivity contribution in [3.63, 3.8) is 0 Å². The van der Waals surface area contributed by atoms with E-state index in [0.29, 0.717) is 16.9 Å². The second-order valence-electron chi connectivity index (χ2n) is 5.20. The van der Waals surface area contributed by atoms with Gasteiger partial charge in [0.1, 0.15) is 23.8 Å². The maximum Gasteiger partial charge on any atom is 0.341 e. The summed E-state index contributed by atoms with van der Waals surface area (Å²) in [6.45, 7) is 1.54. The number of hydrogen-bond acceptors (Lipinski definition) is 3. The molecule has 0 radical (unpaired) electrons. The smallest absolute Gasteiger partial charge is 0.341 e. The van der Waals surface area contributed by atoms with Gasteiger partial charge in [-0.3, -0.25) is 0 Å². The zero-order valence-corrected chi connectivity index (χ0v) is 12.9. The van der Waals surface area contributed by atoms with Crippen LogP contribution in [0.2, 0.25) is 0 Å². The Labute approximate surface area is 137 Å². The van der Waals surface area contributed by atoms with Crippen LogP contribution < -0.4 is 0 Å². The summed E-state index contributed by atoms with van der Waals surface area (Å²) in [5.74, 6) is -1.37. The lowest BCUT2D eigenvalue weighted by Gasteiger charge is -2.07. The summed E-state index contributed by atoms with van der Waals surface area (Å²) in [4.78, 5) is 12.2. The summed E-state index contributed by atoms with van der Waals surface area (Å²) in [7, 11) is 0. The molecular weight excluding hydrogens is 314 g/mol. The van der Waals surface area contributed by atoms with Gasteiger partial charge in [-0.15, -0.1) is 0 Å². The molecule has 4 nitrogen and oxygen atoms in total. The van der Waals surface area contributed by atoms with E-state index in [2.05, 4.69) is 5.10 Å². The number of benzene rings is 2. The number of esters is 1. The first-order chi connectivity index (χ1) is 11.6. The Morgan fingerprint density at radius 2 is 1.83 bits per heavy atom. The van der Waals surface area contributed by atoms with Crippen molar-refractivity contribution in [3.8, 4) is 5.69 Å². The highest BCUT2D eigenvalue weighted by atomic mass is 19.1. The molecule has 1 heterocycles. The molecular formula is C18H14F2N2O2. The van der Waals surface area contributed by atoms with Crippen molar-refractivity contribution < 1.29 is 18.3 Å². The molecule has 0 aliphatic carbocycles. The average molecular weight is 328 g/mol. The average Bonchev–Trinajstić information content (AvgIpc) is 2.96. The van der Waals surface area contributed by atoms with Crippen molar-refractivity contribution in [3.05, 3.63) is 83.2 Å². The van der Waals surface area contributed by atoms with Gasteiger partial charge in [-0.25, -0.2) is 18.3 Å². The maximum atomic E-state index is 13.5. The Morgan fingerprint density at radius 1 is 1.12 bits per heavy atom. The molecule has 0 N–H and O–H groups in total. The van der Waals surface area contributed by atoms with E-state index in [9.17, 15) is 13.6 Å². The summed E-state index contributed by atoms with van der Waals surface area (Å²) < 4.78 is 33.2. The monoisotopic (exact) mass is 328 g/mol. The minimum Gasteiger partial charge on any atom is -0.457 e. The molecule has 122 valence electrons. The van der Waals surface area contributed by atoms with Gasteiger partial charge < -0.3 is 4.74 Å². The van der Waals surface area contributed by atoms with Crippen LogP contribution in [0.4, 0.5) is 8.78 Å². The molecule has 0 saturated heterocycles. The zero-order chi connectivity index (χ0) is 17.1. The molecule has 0 spiro atoms. The fourth-order valence-electron chi connectivity index (χ4n) is 2.29. The maximum absolute atomic E-state index is 13.5. The first-order valence-electron chi connectivity index (χ1n) is 7.27. The topological polar surface area (TPSA) is 44.1 Å². The second kappa shape index (κ2) is 6.62. The highest BCUT2D eigenvalue weighted by Crippen LogP contribution is 2.16. The number of rotatable bonds is 4. The predicted molar refractivity (Wildman–Crippen MR) is 83.8 cm³/mol. The molecule has 3 rings (SSSR count). The van der Waals surface area contributed by atoms with E-state index in [1.54, 1.807) is 37.3 Å². The molecule has 0 bridgehead atoms. The van der Waals surface area contributed by atoms with Gasteiger partial charge >= 0.3 is 5.97 Å². The van der Waals surface area contributed by atoms with Crippen LogP contribution in [-0.4, -0.2) is 15.7 Å². The van der Waals surface area contributed by atoms with Crippen molar-refractivity contribution in [1.29, 1.82) is 0 Å². The van der Waals surface area contributed by atoms with Gasteiger partial charge in [0, 0.05) is 5.56 Å². The summed E-state index contributed by atoms with van der Waals surface area (Å²) in [5, 5.41) is 4.13. The molecule has 1 aromatic heterocycles. The van der Waals surface area contributed by atoms with Crippen molar-refractivity contribution >= 4 is 5.97 Å². The van der Waals surface area contributed by atoms with Crippen LogP contribution in [0, 0.1) is 18.6 Å². The fraction of sp³-hybridized carbons (Fsp3) is 0.111. The van der Waals surface area contributed by atoms with Gasteiger partial charge in [-0.2, -0.15) is 5.10 Å². The lowest BCUT2D eigenvalue weighted by Crippen LogP contribution is -2.08. The third-order valence-corrected chi connectivity index (χ3v) is 3.62. The highest BCUT2D eigenvalue weighted by Gasteiger charge is 2.17. The Balaban J connectivity index is 1.76. The number of halogens is 2. The fourth-order valence-corrected chi connectivity index (χ4v) is 2.29. The van der Waals surface area contributed by atoms with Gasteiger partial charge in [0.25, 0.3) is 0 Å². The molecule has 3 aromatic rings. The molecule has 0 aliphatic rings. The summed E-state index contributed by atoms with van der Waals surface area (Å²) in [6.07, 6.45) is 1.38. The standard InChI is InChI=1S/C18H14F2N2O2/c1-12-16(10-21-22(12)15-8-6-14(19)7-9-15)18(23)24-11-13-4-2-3-5-17(13)20/h2-10H,11H2,1H3. The predicted octanol–water partition coefficient (Wildman–Crippen LogP) is 3.82. The molecule has 0 fully saturated rings. The van der Waals surface area contributed by atoms with Crippen molar-refractivity contribution in [2.24, 2.45) is 0 Å². The number of nitrogens with zero attached hydrogens (tertiary/aromatic N) is 2. The number of aromatic nitrogens is 2. The summed E-state index contributed by atoms with van der Waals surface area (Å²) in [6, 6.07) is 11.8. The van der Waals surface area contributed by atoms with Crippen molar-refractivity contribution in [2.75, 3.05) is 0 Å². The molecule has 0 aliphatic heterocycles. The van der Waals surface area contributed by atoms with Gasteiger partial charge in [0.15, 0.2) is 0 Å². The SMILES string of the molecule is Cc1c(C(=O)OCc2ccccc2F)cnn1-c1ccc(F)cc1. The Morgan fingerprint density at radius 3 is 2.54 bits per heavy atom. The molecule has 0 unspecified atom stereocenters. The quantitative estimate of drug-likeness (QED) is 0.684. The minimum atomic E-state index is -0.593. The lowest BCUT2D eigenvalue weighted by molar-refractivity contribution is 0.0468. The molecule has 6 heteroatoms. The first-order valence-corrected chi connectivity index (χ1v) is 7.27. The van der Waals surface area contributed by atoms with Gasteiger partial charge in [0.2, 0.25) is 0 Å². The highest BCUT2D eigenvalue weighted by molar-refractivity contribution is 5.90. The minimum absolute atomic E-state index is 0.160. The Hall–Kier alpha value is -3.02. The van der Waals surface area contributed by atoms with Crippen LogP contribution in [0.25, 0.3) is 5.69 Å². The van der Waals surface area contributed by atoms with E-state index in [1.807, 2.05) is 0 Å².